The number of hydrogen-bond acceptors (Lipinski definition) is 6. The lowest BCUT2D eigenvalue weighted by molar-refractivity contribution is -0.0894. The molecule has 1 heterocycles. The number of fused-ring (bicyclic) bond motifs is 1. The highest BCUT2D eigenvalue weighted by atomic mass is 16.5. The number of benzene rings is 4. The smallest absolute Gasteiger partial charge is 0.323 e. The number of amides is 2. The Morgan fingerprint density at radius 1 is 0.930 bits per heavy atom. The predicted octanol–water partition coefficient (Wildman–Crippen LogP) is 7.29. The summed E-state index contributed by atoms with van der Waals surface area (Å²) in [6.07, 6.45) is -0.235. The monoisotopic (exact) mass is 583 g/mol. The van der Waals surface area contributed by atoms with Gasteiger partial charge in [-0.2, -0.15) is 0 Å². The molecule has 0 spiro atoms. The van der Waals surface area contributed by atoms with E-state index in [1.54, 1.807) is 7.11 Å². The molecule has 2 atom stereocenters. The Labute approximate surface area is 253 Å². The molecule has 1 aliphatic rings. The van der Waals surface area contributed by atoms with Crippen molar-refractivity contribution in [2.45, 2.75) is 45.4 Å². The molecule has 0 bridgehead atoms. The average molecular weight is 584 g/mol. The molecule has 4 aromatic rings. The van der Waals surface area contributed by atoms with Crippen LogP contribution in [0.2, 0.25) is 0 Å². The Kier molecular flexibility index (Phi) is 9.38. The number of anilines is 2. The third kappa shape index (κ3) is 7.58. The van der Waals surface area contributed by atoms with E-state index in [1.807, 2.05) is 91.9 Å². The molecule has 8 heteroatoms. The van der Waals surface area contributed by atoms with Crippen LogP contribution in [0.3, 0.4) is 0 Å². The molecule has 0 radical (unpaired) electrons. The number of morpholine rings is 1. The van der Waals surface area contributed by atoms with Crippen molar-refractivity contribution in [3.63, 3.8) is 0 Å². The number of para-hydroxylation sites is 1. The zero-order valence-corrected chi connectivity index (χ0v) is 25.6. The van der Waals surface area contributed by atoms with Gasteiger partial charge in [0.2, 0.25) is 0 Å². The maximum Gasteiger partial charge on any atom is 0.323 e. The third-order valence-electron chi connectivity index (χ3n) is 7.61. The van der Waals surface area contributed by atoms with Gasteiger partial charge in [0.05, 0.1) is 25.1 Å². The van der Waals surface area contributed by atoms with Gasteiger partial charge >= 0.3 is 6.03 Å². The van der Waals surface area contributed by atoms with E-state index in [2.05, 4.69) is 36.3 Å². The minimum Gasteiger partial charge on any atom is -0.495 e. The fourth-order valence-corrected chi connectivity index (χ4v) is 5.17. The van der Waals surface area contributed by atoms with Crippen molar-refractivity contribution in [1.82, 2.24) is 4.90 Å². The quantitative estimate of drug-likeness (QED) is 0.215. The molecule has 4 aromatic carbocycles. The van der Waals surface area contributed by atoms with E-state index in [4.69, 9.17) is 18.9 Å². The number of rotatable bonds is 9. The SMILES string of the molecule is COc1ccc(C(C)(C)C)cc1NC(=O)Nc1ccc(OC(C)N2CCOC(COc3ccccc3)C2)c2ccccc12. The van der Waals surface area contributed by atoms with E-state index in [1.165, 1.54) is 0 Å². The molecule has 2 unspecified atom stereocenters. The van der Waals surface area contributed by atoms with Gasteiger partial charge in [-0.05, 0) is 54.3 Å². The zero-order valence-electron chi connectivity index (χ0n) is 25.6. The lowest BCUT2D eigenvalue weighted by Crippen LogP contribution is -2.50. The van der Waals surface area contributed by atoms with Crippen molar-refractivity contribution >= 4 is 28.2 Å². The Morgan fingerprint density at radius 2 is 1.63 bits per heavy atom. The first-order valence-electron chi connectivity index (χ1n) is 14.7. The van der Waals surface area contributed by atoms with E-state index in [0.717, 1.165) is 34.4 Å². The highest BCUT2D eigenvalue weighted by Gasteiger charge is 2.26. The van der Waals surface area contributed by atoms with Crippen LogP contribution in [0.25, 0.3) is 10.8 Å². The zero-order chi connectivity index (χ0) is 30.4. The molecule has 1 fully saturated rings. The van der Waals surface area contributed by atoms with Crippen molar-refractivity contribution in [3.05, 3.63) is 90.5 Å². The fraction of sp³-hybridized carbons (Fsp3) is 0.343. The minimum absolute atomic E-state index is 0.0513. The van der Waals surface area contributed by atoms with Crippen molar-refractivity contribution < 1.29 is 23.7 Å². The van der Waals surface area contributed by atoms with Gasteiger partial charge in [0, 0.05) is 23.9 Å². The molecule has 2 amide bonds. The summed E-state index contributed by atoms with van der Waals surface area (Å²) in [6, 6.07) is 27.0. The van der Waals surface area contributed by atoms with Crippen LogP contribution in [0.5, 0.6) is 17.2 Å². The van der Waals surface area contributed by atoms with E-state index >= 15 is 0 Å². The van der Waals surface area contributed by atoms with Gasteiger partial charge < -0.3 is 29.6 Å². The first-order chi connectivity index (χ1) is 20.7. The number of hydrogen-bond donors (Lipinski definition) is 2. The summed E-state index contributed by atoms with van der Waals surface area (Å²) in [5.41, 5.74) is 2.33. The summed E-state index contributed by atoms with van der Waals surface area (Å²) >= 11 is 0. The van der Waals surface area contributed by atoms with E-state index in [9.17, 15) is 4.79 Å². The van der Waals surface area contributed by atoms with Gasteiger partial charge in [-0.1, -0.05) is 69.3 Å². The van der Waals surface area contributed by atoms with Gasteiger partial charge in [-0.15, -0.1) is 0 Å². The Hall–Kier alpha value is -4.27. The van der Waals surface area contributed by atoms with Crippen molar-refractivity contribution in [2.24, 2.45) is 0 Å². The highest BCUT2D eigenvalue weighted by Crippen LogP contribution is 2.34. The predicted molar refractivity (Wildman–Crippen MR) is 172 cm³/mol. The van der Waals surface area contributed by atoms with Gasteiger partial charge in [-0.25, -0.2) is 4.79 Å². The molecule has 0 aromatic heterocycles. The van der Waals surface area contributed by atoms with Crippen LogP contribution in [0.15, 0.2) is 84.9 Å². The summed E-state index contributed by atoms with van der Waals surface area (Å²) in [5, 5.41) is 7.78. The van der Waals surface area contributed by atoms with Crippen LogP contribution in [0.4, 0.5) is 16.2 Å². The molecule has 1 aliphatic heterocycles. The van der Waals surface area contributed by atoms with Gasteiger partial charge in [-0.3, -0.25) is 4.90 Å². The third-order valence-corrected chi connectivity index (χ3v) is 7.61. The first kappa shape index (κ1) is 30.2. The number of urea groups is 1. The average Bonchev–Trinajstić information content (AvgIpc) is 3.01. The number of ether oxygens (including phenoxy) is 4. The standard InChI is InChI=1S/C35H41N3O5/c1-24(38-19-20-41-27(22-38)23-42-26-11-7-6-8-12-26)43-32-18-16-30(28-13-9-10-14-29(28)32)36-34(39)37-31-21-25(35(2,3)4)15-17-33(31)40-5/h6-18,21,24,27H,19-20,22-23H2,1-5H3,(H2,36,37,39). The van der Waals surface area contributed by atoms with Gasteiger partial charge in [0.25, 0.3) is 0 Å². The normalized spacial score (nSPS) is 16.3. The first-order valence-corrected chi connectivity index (χ1v) is 14.7. The summed E-state index contributed by atoms with van der Waals surface area (Å²) in [6.45, 7) is 11.0. The Balaban J connectivity index is 1.26. The lowest BCUT2D eigenvalue weighted by atomic mass is 9.87. The Bertz CT molecular complexity index is 1540. The molecule has 0 saturated carbocycles. The van der Waals surface area contributed by atoms with Crippen LogP contribution in [0, 0.1) is 0 Å². The molecule has 43 heavy (non-hydrogen) atoms. The number of nitrogens with one attached hydrogen (secondary N) is 2. The summed E-state index contributed by atoms with van der Waals surface area (Å²) in [4.78, 5) is 15.4. The van der Waals surface area contributed by atoms with Crippen LogP contribution in [-0.4, -0.2) is 56.7 Å². The fourth-order valence-electron chi connectivity index (χ4n) is 5.17. The van der Waals surface area contributed by atoms with E-state index in [-0.39, 0.29) is 23.8 Å². The molecular formula is C35H41N3O5. The van der Waals surface area contributed by atoms with Gasteiger partial charge in [0.1, 0.15) is 36.2 Å². The second-order valence-electron chi connectivity index (χ2n) is 11.7. The molecule has 5 rings (SSSR count). The highest BCUT2D eigenvalue weighted by molar-refractivity contribution is 6.08. The second kappa shape index (κ2) is 13.4. The van der Waals surface area contributed by atoms with Crippen molar-refractivity contribution in [2.75, 3.05) is 44.0 Å². The van der Waals surface area contributed by atoms with Gasteiger partial charge in [0.15, 0.2) is 0 Å². The summed E-state index contributed by atoms with van der Waals surface area (Å²) < 4.78 is 23.9. The van der Waals surface area contributed by atoms with Crippen molar-refractivity contribution in [3.8, 4) is 17.2 Å². The number of carbonyl (C=O) groups excluding carboxylic acids is 1. The minimum atomic E-state index is -0.353. The maximum absolute atomic E-state index is 13.2. The summed E-state index contributed by atoms with van der Waals surface area (Å²) in [5.74, 6) is 2.18. The van der Waals surface area contributed by atoms with Crippen LogP contribution in [-0.2, 0) is 10.2 Å². The van der Waals surface area contributed by atoms with E-state index < -0.39 is 0 Å². The Morgan fingerprint density at radius 3 is 2.37 bits per heavy atom. The topological polar surface area (TPSA) is 81.3 Å². The molecule has 226 valence electrons. The molecule has 1 saturated heterocycles. The largest absolute Gasteiger partial charge is 0.495 e. The second-order valence-corrected chi connectivity index (χ2v) is 11.7. The number of nitrogens with zero attached hydrogens (tertiary/aromatic N) is 1. The van der Waals surface area contributed by atoms with Crippen LogP contribution >= 0.6 is 0 Å². The van der Waals surface area contributed by atoms with Crippen molar-refractivity contribution in [1.29, 1.82) is 0 Å². The number of methoxy groups -OCH3 is 1. The molecule has 0 aliphatic carbocycles. The van der Waals surface area contributed by atoms with Crippen LogP contribution in [0.1, 0.15) is 33.3 Å². The lowest BCUT2D eigenvalue weighted by Gasteiger charge is -2.36. The number of carbonyl (C=O) groups is 1. The van der Waals surface area contributed by atoms with E-state index in [0.29, 0.717) is 36.9 Å². The maximum atomic E-state index is 13.2. The molecular weight excluding hydrogens is 542 g/mol. The molecule has 2 N–H and O–H groups in total. The van der Waals surface area contributed by atoms with Crippen LogP contribution < -0.4 is 24.8 Å². The molecule has 8 nitrogen and oxygen atoms in total. The summed E-state index contributed by atoms with van der Waals surface area (Å²) in [7, 11) is 1.60.